The molecule has 0 fully saturated rings. The lowest BCUT2D eigenvalue weighted by Crippen LogP contribution is -2.10. The Hall–Kier alpha value is -2.44. The van der Waals surface area contributed by atoms with Crippen LogP contribution in [0.3, 0.4) is 0 Å². The zero-order chi connectivity index (χ0) is 12.6. The van der Waals surface area contributed by atoms with E-state index in [4.69, 9.17) is 11.5 Å². The van der Waals surface area contributed by atoms with Crippen molar-refractivity contribution in [3.05, 3.63) is 41.7 Å². The number of rotatable bonds is 2. The molecule has 1 heterocycles. The molecule has 7 heteroatoms. The molecule has 1 aromatic heterocycles. The number of benzene rings is 1. The van der Waals surface area contributed by atoms with Gasteiger partial charge >= 0.3 is 0 Å². The molecule has 0 aliphatic rings. The van der Waals surface area contributed by atoms with Gasteiger partial charge in [0.25, 0.3) is 5.91 Å². The zero-order valence-corrected chi connectivity index (χ0v) is 8.52. The summed E-state index contributed by atoms with van der Waals surface area (Å²) >= 11 is 0. The highest BCUT2D eigenvalue weighted by molar-refractivity contribution is 5.92. The molecule has 0 atom stereocenters. The molecule has 1 amide bonds. The topological polar surface area (TPSA) is 86.9 Å². The third-order valence-electron chi connectivity index (χ3n) is 2.20. The molecule has 88 valence electrons. The summed E-state index contributed by atoms with van der Waals surface area (Å²) < 4.78 is 27.5. The minimum Gasteiger partial charge on any atom is -0.397 e. The minimum atomic E-state index is -1.14. The lowest BCUT2D eigenvalue weighted by molar-refractivity contribution is 0.100. The Labute approximate surface area is 94.6 Å². The van der Waals surface area contributed by atoms with E-state index in [1.165, 1.54) is 12.3 Å². The van der Waals surface area contributed by atoms with Crippen LogP contribution in [0.1, 0.15) is 10.4 Å². The fourth-order valence-electron chi connectivity index (χ4n) is 1.36. The average Bonchev–Trinajstić information content (AvgIpc) is 2.73. The van der Waals surface area contributed by atoms with Crippen LogP contribution in [0.5, 0.6) is 0 Å². The molecule has 0 radical (unpaired) electrons. The van der Waals surface area contributed by atoms with E-state index in [1.807, 2.05) is 0 Å². The lowest BCUT2D eigenvalue weighted by atomic mass is 10.2. The highest BCUT2D eigenvalue weighted by Crippen LogP contribution is 2.22. The number of nitrogens with two attached hydrogens (primary N) is 2. The van der Waals surface area contributed by atoms with Crippen molar-refractivity contribution in [1.29, 1.82) is 0 Å². The zero-order valence-electron chi connectivity index (χ0n) is 8.52. The van der Waals surface area contributed by atoms with Gasteiger partial charge in [-0.2, -0.15) is 5.10 Å². The van der Waals surface area contributed by atoms with Gasteiger partial charge in [-0.1, -0.05) is 0 Å². The molecule has 0 spiro atoms. The predicted molar refractivity (Wildman–Crippen MR) is 56.4 cm³/mol. The lowest BCUT2D eigenvalue weighted by Gasteiger charge is -2.07. The molecule has 2 rings (SSSR count). The predicted octanol–water partition coefficient (Wildman–Crippen LogP) is 0.832. The number of nitrogens with zero attached hydrogens (tertiary/aromatic N) is 2. The van der Waals surface area contributed by atoms with Crippen LogP contribution in [0.15, 0.2) is 24.5 Å². The van der Waals surface area contributed by atoms with Gasteiger partial charge in [0.1, 0.15) is 5.69 Å². The molecule has 0 bridgehead atoms. The summed E-state index contributed by atoms with van der Waals surface area (Å²) in [5.74, 6) is -2.90. The number of amides is 1. The fraction of sp³-hybridized carbons (Fsp3) is 0. The van der Waals surface area contributed by atoms with Crippen LogP contribution < -0.4 is 11.5 Å². The fourth-order valence-corrected chi connectivity index (χ4v) is 1.36. The van der Waals surface area contributed by atoms with Gasteiger partial charge in [-0.25, -0.2) is 13.5 Å². The van der Waals surface area contributed by atoms with E-state index >= 15 is 0 Å². The summed E-state index contributed by atoms with van der Waals surface area (Å²) in [4.78, 5) is 10.9. The number of hydrogen-bond acceptors (Lipinski definition) is 3. The van der Waals surface area contributed by atoms with Crippen LogP contribution in [0.2, 0.25) is 0 Å². The summed E-state index contributed by atoms with van der Waals surface area (Å²) in [5, 5.41) is 3.70. The first kappa shape index (κ1) is 11.1. The summed E-state index contributed by atoms with van der Waals surface area (Å²) in [7, 11) is 0. The van der Waals surface area contributed by atoms with Gasteiger partial charge in [0.05, 0.1) is 17.4 Å². The number of aromatic nitrogens is 2. The largest absolute Gasteiger partial charge is 0.397 e. The van der Waals surface area contributed by atoms with E-state index in [-0.39, 0.29) is 16.9 Å². The van der Waals surface area contributed by atoms with E-state index in [0.717, 1.165) is 16.9 Å². The maximum Gasteiger partial charge on any atom is 0.251 e. The maximum atomic E-state index is 13.5. The number of nitrogen functional groups attached to an aromatic ring is 1. The van der Waals surface area contributed by atoms with Gasteiger partial charge in [-0.15, -0.1) is 0 Å². The molecule has 0 aliphatic carbocycles. The van der Waals surface area contributed by atoms with Crippen molar-refractivity contribution in [2.45, 2.75) is 0 Å². The van der Waals surface area contributed by atoms with E-state index < -0.39 is 17.5 Å². The van der Waals surface area contributed by atoms with Crippen LogP contribution in [-0.4, -0.2) is 15.7 Å². The second kappa shape index (κ2) is 3.85. The Morgan fingerprint density at radius 2 is 2.06 bits per heavy atom. The number of hydrogen-bond donors (Lipinski definition) is 2. The maximum absolute atomic E-state index is 13.5. The smallest absolute Gasteiger partial charge is 0.251 e. The molecule has 2 aromatic rings. The number of anilines is 1. The van der Waals surface area contributed by atoms with Gasteiger partial charge < -0.3 is 11.5 Å². The Kier molecular flexibility index (Phi) is 2.51. The monoisotopic (exact) mass is 238 g/mol. The van der Waals surface area contributed by atoms with Crippen molar-refractivity contribution in [2.75, 3.05) is 5.73 Å². The van der Waals surface area contributed by atoms with Gasteiger partial charge in [0.15, 0.2) is 11.6 Å². The average molecular weight is 238 g/mol. The van der Waals surface area contributed by atoms with Crippen LogP contribution in [0.4, 0.5) is 14.5 Å². The number of carbonyl (C=O) groups is 1. The number of halogens is 2. The van der Waals surface area contributed by atoms with Gasteiger partial charge in [-0.05, 0) is 12.1 Å². The van der Waals surface area contributed by atoms with Crippen molar-refractivity contribution < 1.29 is 13.6 Å². The SMILES string of the molecule is NC(=O)c1cnn(-c2c(N)ccc(F)c2F)c1. The molecule has 1 aromatic carbocycles. The van der Waals surface area contributed by atoms with E-state index in [1.54, 1.807) is 0 Å². The van der Waals surface area contributed by atoms with Gasteiger partial charge in [0, 0.05) is 6.20 Å². The van der Waals surface area contributed by atoms with Crippen molar-refractivity contribution in [3.8, 4) is 5.69 Å². The summed E-state index contributed by atoms with van der Waals surface area (Å²) in [5.41, 5.74) is 10.4. The first-order chi connectivity index (χ1) is 8.00. The molecule has 4 N–H and O–H groups in total. The molecule has 5 nitrogen and oxygen atoms in total. The molecule has 0 saturated heterocycles. The quantitative estimate of drug-likeness (QED) is 0.760. The highest BCUT2D eigenvalue weighted by atomic mass is 19.2. The van der Waals surface area contributed by atoms with E-state index in [2.05, 4.69) is 5.10 Å². The first-order valence-corrected chi connectivity index (χ1v) is 4.59. The summed E-state index contributed by atoms with van der Waals surface area (Å²) in [6.45, 7) is 0. The van der Waals surface area contributed by atoms with E-state index in [9.17, 15) is 13.6 Å². The van der Waals surface area contributed by atoms with Crippen LogP contribution in [-0.2, 0) is 0 Å². The third kappa shape index (κ3) is 1.82. The molecular weight excluding hydrogens is 230 g/mol. The molecule has 0 aliphatic heterocycles. The Morgan fingerprint density at radius 3 is 2.65 bits per heavy atom. The number of carbonyl (C=O) groups excluding carboxylic acids is 1. The molecular formula is C10H8F2N4O. The molecule has 0 unspecified atom stereocenters. The van der Waals surface area contributed by atoms with Crippen LogP contribution in [0.25, 0.3) is 5.69 Å². The van der Waals surface area contributed by atoms with Crippen LogP contribution in [0, 0.1) is 11.6 Å². The van der Waals surface area contributed by atoms with Crippen molar-refractivity contribution in [3.63, 3.8) is 0 Å². The highest BCUT2D eigenvalue weighted by Gasteiger charge is 2.15. The van der Waals surface area contributed by atoms with Crippen molar-refractivity contribution >= 4 is 11.6 Å². The molecule has 17 heavy (non-hydrogen) atoms. The van der Waals surface area contributed by atoms with Gasteiger partial charge in [0.2, 0.25) is 0 Å². The summed E-state index contributed by atoms with van der Waals surface area (Å²) in [6.07, 6.45) is 2.32. The van der Waals surface area contributed by atoms with Crippen molar-refractivity contribution in [2.24, 2.45) is 5.73 Å². The minimum absolute atomic E-state index is 0.00280. The Morgan fingerprint density at radius 1 is 1.35 bits per heavy atom. The summed E-state index contributed by atoms with van der Waals surface area (Å²) in [6, 6.07) is 2.12. The first-order valence-electron chi connectivity index (χ1n) is 4.59. The normalized spacial score (nSPS) is 10.5. The standard InChI is InChI=1S/C10H8F2N4O/c11-6-1-2-7(13)9(8(6)12)16-4-5(3-15-16)10(14)17/h1-4H,13H2,(H2,14,17). The Bertz CT molecular complexity index is 594. The van der Waals surface area contributed by atoms with Gasteiger partial charge in [-0.3, -0.25) is 4.79 Å². The Balaban J connectivity index is 2.60. The molecule has 0 saturated carbocycles. The van der Waals surface area contributed by atoms with E-state index in [0.29, 0.717) is 0 Å². The number of primary amides is 1. The second-order valence-corrected chi connectivity index (χ2v) is 3.34. The third-order valence-corrected chi connectivity index (χ3v) is 2.20. The second-order valence-electron chi connectivity index (χ2n) is 3.34. The van der Waals surface area contributed by atoms with Crippen LogP contribution >= 0.6 is 0 Å². The van der Waals surface area contributed by atoms with Crippen molar-refractivity contribution in [1.82, 2.24) is 9.78 Å².